The summed E-state index contributed by atoms with van der Waals surface area (Å²) in [5.41, 5.74) is 1.57. The molecule has 0 fully saturated rings. The van der Waals surface area contributed by atoms with E-state index in [0.29, 0.717) is 12.8 Å². The predicted molar refractivity (Wildman–Crippen MR) is 88.1 cm³/mol. The molecule has 23 heavy (non-hydrogen) atoms. The van der Waals surface area contributed by atoms with Crippen molar-refractivity contribution in [1.82, 2.24) is 5.32 Å². The molecule has 5 nitrogen and oxygen atoms in total. The third kappa shape index (κ3) is 7.13. The maximum absolute atomic E-state index is 13.3. The minimum Gasteiger partial charge on any atom is -0.481 e. The molecular formula is C17H25FN2O3. The van der Waals surface area contributed by atoms with Crippen molar-refractivity contribution in [3.8, 4) is 0 Å². The molecule has 0 spiro atoms. The van der Waals surface area contributed by atoms with Crippen molar-refractivity contribution in [3.05, 3.63) is 29.6 Å². The van der Waals surface area contributed by atoms with Gasteiger partial charge in [-0.05, 0) is 49.4 Å². The second-order valence-electron chi connectivity index (χ2n) is 5.99. The fraction of sp³-hybridized carbons (Fsp3) is 0.529. The zero-order chi connectivity index (χ0) is 17.4. The van der Waals surface area contributed by atoms with Gasteiger partial charge in [-0.2, -0.15) is 0 Å². The van der Waals surface area contributed by atoms with Gasteiger partial charge < -0.3 is 15.7 Å². The van der Waals surface area contributed by atoms with Gasteiger partial charge >= 0.3 is 5.97 Å². The molecule has 1 aromatic rings. The quantitative estimate of drug-likeness (QED) is 0.652. The van der Waals surface area contributed by atoms with Crippen LogP contribution in [-0.4, -0.2) is 29.6 Å². The number of rotatable bonds is 9. The van der Waals surface area contributed by atoms with E-state index in [1.54, 1.807) is 6.07 Å². The van der Waals surface area contributed by atoms with Crippen LogP contribution >= 0.6 is 0 Å². The standard InChI is InChI=1S/C17H25FN2O3/c1-11(2)14-9-13(18)7-8-15(14)19-10-16(21)20-12(3)5-4-6-17(22)23/h7-9,11-12,19H,4-6,10H2,1-3H3,(H,20,21)(H,22,23). The molecule has 6 heteroatoms. The van der Waals surface area contributed by atoms with Crippen LogP contribution in [0.5, 0.6) is 0 Å². The lowest BCUT2D eigenvalue weighted by Gasteiger charge is -2.17. The number of halogens is 1. The molecule has 1 unspecified atom stereocenters. The number of anilines is 1. The van der Waals surface area contributed by atoms with Crippen molar-refractivity contribution in [1.29, 1.82) is 0 Å². The van der Waals surface area contributed by atoms with Crippen LogP contribution in [0.25, 0.3) is 0 Å². The van der Waals surface area contributed by atoms with Crippen LogP contribution in [0.3, 0.4) is 0 Å². The molecule has 1 amide bonds. The van der Waals surface area contributed by atoms with Gasteiger partial charge in [0.2, 0.25) is 5.91 Å². The lowest BCUT2D eigenvalue weighted by atomic mass is 10.0. The van der Waals surface area contributed by atoms with Crippen LogP contribution in [-0.2, 0) is 9.59 Å². The maximum Gasteiger partial charge on any atom is 0.303 e. The summed E-state index contributed by atoms with van der Waals surface area (Å²) < 4.78 is 13.3. The molecule has 0 aliphatic heterocycles. The van der Waals surface area contributed by atoms with Crippen molar-refractivity contribution in [3.63, 3.8) is 0 Å². The van der Waals surface area contributed by atoms with Crippen molar-refractivity contribution in [2.45, 2.75) is 52.0 Å². The zero-order valence-electron chi connectivity index (χ0n) is 13.9. The fourth-order valence-electron chi connectivity index (χ4n) is 2.31. The summed E-state index contributed by atoms with van der Waals surface area (Å²) in [5, 5.41) is 14.4. The van der Waals surface area contributed by atoms with E-state index in [2.05, 4.69) is 10.6 Å². The molecule has 0 aliphatic carbocycles. The number of hydrogen-bond acceptors (Lipinski definition) is 3. The molecule has 0 heterocycles. The molecule has 128 valence electrons. The van der Waals surface area contributed by atoms with Gasteiger partial charge in [0.1, 0.15) is 5.82 Å². The normalized spacial score (nSPS) is 12.0. The number of amides is 1. The van der Waals surface area contributed by atoms with Gasteiger partial charge in [0.05, 0.1) is 6.54 Å². The van der Waals surface area contributed by atoms with Crippen LogP contribution in [0.15, 0.2) is 18.2 Å². The van der Waals surface area contributed by atoms with E-state index in [1.807, 2.05) is 20.8 Å². The Morgan fingerprint density at radius 1 is 1.26 bits per heavy atom. The highest BCUT2D eigenvalue weighted by Gasteiger charge is 2.11. The first kappa shape index (κ1) is 18.9. The molecule has 1 rings (SSSR count). The largest absolute Gasteiger partial charge is 0.481 e. The van der Waals surface area contributed by atoms with E-state index in [9.17, 15) is 14.0 Å². The first-order valence-corrected chi connectivity index (χ1v) is 7.84. The Bertz CT molecular complexity index is 547. The molecule has 0 aliphatic rings. The minimum atomic E-state index is -0.831. The molecule has 1 aromatic carbocycles. The minimum absolute atomic E-state index is 0.0820. The topological polar surface area (TPSA) is 78.4 Å². The highest BCUT2D eigenvalue weighted by Crippen LogP contribution is 2.24. The molecule has 0 saturated heterocycles. The number of nitrogens with one attached hydrogen (secondary N) is 2. The summed E-state index contributed by atoms with van der Waals surface area (Å²) in [6, 6.07) is 4.38. The first-order chi connectivity index (χ1) is 10.8. The van der Waals surface area contributed by atoms with Crippen LogP contribution < -0.4 is 10.6 Å². The third-order valence-electron chi connectivity index (χ3n) is 3.51. The second-order valence-corrected chi connectivity index (χ2v) is 5.99. The Hall–Kier alpha value is -2.11. The number of carboxylic acids is 1. The second kappa shape index (κ2) is 9.12. The van der Waals surface area contributed by atoms with Gasteiger partial charge in [-0.25, -0.2) is 4.39 Å². The Balaban J connectivity index is 2.46. The summed E-state index contributed by atoms with van der Waals surface area (Å²) >= 11 is 0. The molecule has 0 saturated carbocycles. The number of carbonyl (C=O) groups excluding carboxylic acids is 1. The van der Waals surface area contributed by atoms with Crippen molar-refractivity contribution >= 4 is 17.6 Å². The average molecular weight is 324 g/mol. The number of carbonyl (C=O) groups is 2. The molecule has 0 aromatic heterocycles. The highest BCUT2D eigenvalue weighted by atomic mass is 19.1. The van der Waals surface area contributed by atoms with E-state index in [-0.39, 0.29) is 36.6 Å². The summed E-state index contributed by atoms with van der Waals surface area (Å²) in [6.45, 7) is 5.86. The lowest BCUT2D eigenvalue weighted by Crippen LogP contribution is -2.36. The van der Waals surface area contributed by atoms with Gasteiger partial charge in [0.25, 0.3) is 0 Å². The number of aliphatic carboxylic acids is 1. The Kier molecular flexibility index (Phi) is 7.51. The van der Waals surface area contributed by atoms with Crippen molar-refractivity contribution in [2.24, 2.45) is 0 Å². The smallest absolute Gasteiger partial charge is 0.303 e. The molecule has 3 N–H and O–H groups in total. The summed E-state index contributed by atoms with van der Waals surface area (Å²) in [5.74, 6) is -1.16. The monoisotopic (exact) mass is 324 g/mol. The van der Waals surface area contributed by atoms with E-state index < -0.39 is 5.97 Å². The van der Waals surface area contributed by atoms with Gasteiger partial charge in [-0.3, -0.25) is 9.59 Å². The van der Waals surface area contributed by atoms with Gasteiger partial charge in [0.15, 0.2) is 0 Å². The first-order valence-electron chi connectivity index (χ1n) is 7.84. The Morgan fingerprint density at radius 3 is 2.57 bits per heavy atom. The number of hydrogen-bond donors (Lipinski definition) is 3. The zero-order valence-corrected chi connectivity index (χ0v) is 13.9. The van der Waals surface area contributed by atoms with Crippen LogP contribution in [0.4, 0.5) is 10.1 Å². The third-order valence-corrected chi connectivity index (χ3v) is 3.51. The maximum atomic E-state index is 13.3. The summed E-state index contributed by atoms with van der Waals surface area (Å²) in [4.78, 5) is 22.4. The van der Waals surface area contributed by atoms with Crippen LogP contribution in [0, 0.1) is 5.82 Å². The van der Waals surface area contributed by atoms with Gasteiger partial charge in [0, 0.05) is 18.2 Å². The molecule has 1 atom stereocenters. The highest BCUT2D eigenvalue weighted by molar-refractivity contribution is 5.81. The number of benzene rings is 1. The van der Waals surface area contributed by atoms with E-state index in [4.69, 9.17) is 5.11 Å². The number of carboxylic acid groups (broad SMARTS) is 1. The van der Waals surface area contributed by atoms with Gasteiger partial charge in [-0.15, -0.1) is 0 Å². The van der Waals surface area contributed by atoms with Gasteiger partial charge in [-0.1, -0.05) is 13.8 Å². The summed E-state index contributed by atoms with van der Waals surface area (Å²) in [7, 11) is 0. The van der Waals surface area contributed by atoms with E-state index in [0.717, 1.165) is 11.3 Å². The molecule has 0 bridgehead atoms. The summed E-state index contributed by atoms with van der Waals surface area (Å²) in [6.07, 6.45) is 1.25. The average Bonchev–Trinajstić information content (AvgIpc) is 2.45. The van der Waals surface area contributed by atoms with Crippen LogP contribution in [0.1, 0.15) is 51.5 Å². The van der Waals surface area contributed by atoms with Crippen LogP contribution in [0.2, 0.25) is 0 Å². The molecule has 0 radical (unpaired) electrons. The van der Waals surface area contributed by atoms with E-state index >= 15 is 0 Å². The molecular weight excluding hydrogens is 299 g/mol. The van der Waals surface area contributed by atoms with Crippen molar-refractivity contribution in [2.75, 3.05) is 11.9 Å². The predicted octanol–water partition coefficient (Wildman–Crippen LogP) is 3.12. The van der Waals surface area contributed by atoms with E-state index in [1.165, 1.54) is 12.1 Å². The lowest BCUT2D eigenvalue weighted by molar-refractivity contribution is -0.137. The fourth-order valence-corrected chi connectivity index (χ4v) is 2.31. The Morgan fingerprint density at radius 2 is 1.96 bits per heavy atom. The Labute approximate surface area is 136 Å². The SMILES string of the molecule is CC(CCCC(=O)O)NC(=O)CNc1ccc(F)cc1C(C)C. The van der Waals surface area contributed by atoms with Crippen molar-refractivity contribution < 1.29 is 19.1 Å².